The van der Waals surface area contributed by atoms with E-state index in [9.17, 15) is 14.4 Å². The average Bonchev–Trinajstić information content (AvgIpc) is 2.81. The summed E-state index contributed by atoms with van der Waals surface area (Å²) in [7, 11) is 0. The van der Waals surface area contributed by atoms with Crippen molar-refractivity contribution in [2.24, 2.45) is 0 Å². The highest BCUT2D eigenvalue weighted by atomic mass is 35.5. The first-order valence-electron chi connectivity index (χ1n) is 10.9. The smallest absolute Gasteiger partial charge is 0.307 e. The van der Waals surface area contributed by atoms with Crippen LogP contribution in [0, 0.1) is 13.8 Å². The lowest BCUT2D eigenvalue weighted by Gasteiger charge is -2.13. The van der Waals surface area contributed by atoms with E-state index in [1.54, 1.807) is 48.5 Å². The largest absolute Gasteiger partial charge is 0.457 e. The van der Waals surface area contributed by atoms with Crippen molar-refractivity contribution in [2.45, 2.75) is 39.7 Å². The maximum Gasteiger partial charge on any atom is 0.307 e. The van der Waals surface area contributed by atoms with Crippen LogP contribution < -0.4 is 10.1 Å². The molecule has 0 aliphatic heterocycles. The van der Waals surface area contributed by atoms with E-state index in [0.717, 1.165) is 16.9 Å². The lowest BCUT2D eigenvalue weighted by Crippen LogP contribution is -2.25. The van der Waals surface area contributed by atoms with E-state index in [1.807, 2.05) is 32.0 Å². The van der Waals surface area contributed by atoms with Gasteiger partial charge in [-0.2, -0.15) is 0 Å². The summed E-state index contributed by atoms with van der Waals surface area (Å²) in [6.07, 6.45) is -1.17. The molecule has 0 bridgehead atoms. The molecule has 34 heavy (non-hydrogen) atoms. The summed E-state index contributed by atoms with van der Waals surface area (Å²) < 4.78 is 11.1. The molecular formula is C27H26ClNO5. The molecule has 1 unspecified atom stereocenters. The van der Waals surface area contributed by atoms with Crippen LogP contribution >= 0.6 is 11.6 Å². The van der Waals surface area contributed by atoms with E-state index in [2.05, 4.69) is 5.32 Å². The molecule has 176 valence electrons. The van der Waals surface area contributed by atoms with Crippen molar-refractivity contribution >= 4 is 34.9 Å². The van der Waals surface area contributed by atoms with E-state index in [1.165, 1.54) is 6.92 Å². The lowest BCUT2D eigenvalue weighted by molar-refractivity contribution is -0.147. The molecule has 0 saturated heterocycles. The van der Waals surface area contributed by atoms with Crippen molar-refractivity contribution in [3.63, 3.8) is 0 Å². The van der Waals surface area contributed by atoms with Crippen LogP contribution in [0.2, 0.25) is 5.02 Å². The molecular weight excluding hydrogens is 454 g/mol. The Kier molecular flexibility index (Phi) is 8.44. The van der Waals surface area contributed by atoms with Gasteiger partial charge in [0.1, 0.15) is 11.5 Å². The third-order valence-electron chi connectivity index (χ3n) is 5.07. The van der Waals surface area contributed by atoms with Crippen LogP contribution in [0.1, 0.15) is 41.3 Å². The third kappa shape index (κ3) is 7.18. The zero-order chi connectivity index (χ0) is 24.7. The van der Waals surface area contributed by atoms with Gasteiger partial charge in [0.05, 0.1) is 6.42 Å². The number of nitrogens with one attached hydrogen (secondary N) is 1. The molecule has 1 atom stereocenters. The number of carbonyl (C=O) groups excluding carboxylic acids is 3. The minimum atomic E-state index is -0.957. The summed E-state index contributed by atoms with van der Waals surface area (Å²) in [4.78, 5) is 36.6. The molecule has 1 amide bonds. The Bertz CT molecular complexity index is 1170. The van der Waals surface area contributed by atoms with Crippen LogP contribution in [-0.2, 0) is 14.3 Å². The van der Waals surface area contributed by atoms with Gasteiger partial charge in [-0.25, -0.2) is 0 Å². The minimum Gasteiger partial charge on any atom is -0.457 e. The fourth-order valence-electron chi connectivity index (χ4n) is 3.15. The second-order valence-electron chi connectivity index (χ2n) is 7.95. The number of hydrogen-bond donors (Lipinski definition) is 1. The number of anilines is 1. The molecule has 3 aromatic carbocycles. The van der Waals surface area contributed by atoms with Gasteiger partial charge >= 0.3 is 5.97 Å². The minimum absolute atomic E-state index is 0.0680. The van der Waals surface area contributed by atoms with E-state index in [0.29, 0.717) is 22.0 Å². The molecule has 0 aromatic heterocycles. The number of halogens is 1. The molecule has 0 spiro atoms. The van der Waals surface area contributed by atoms with Crippen LogP contribution in [0.3, 0.4) is 0 Å². The molecule has 3 aromatic rings. The Morgan fingerprint density at radius 3 is 2.26 bits per heavy atom. The standard InChI is InChI=1S/C27H26ClNO5/c1-17-4-5-18(2)24(16-17)34-23-12-10-22(11-13-23)29-25(30)14-15-26(31)33-19(3)27(32)20-6-8-21(28)9-7-20/h4-13,16,19H,14-15H2,1-3H3,(H,29,30). The summed E-state index contributed by atoms with van der Waals surface area (Å²) >= 11 is 5.82. The number of hydrogen-bond acceptors (Lipinski definition) is 5. The Balaban J connectivity index is 1.45. The molecule has 7 heteroatoms. The number of amides is 1. The molecule has 0 saturated carbocycles. The Morgan fingerprint density at radius 1 is 0.912 bits per heavy atom. The molecule has 0 aliphatic carbocycles. The summed E-state index contributed by atoms with van der Waals surface area (Å²) in [6, 6.07) is 19.3. The SMILES string of the molecule is Cc1ccc(C)c(Oc2ccc(NC(=O)CCC(=O)OC(C)C(=O)c3ccc(Cl)cc3)cc2)c1. The Morgan fingerprint density at radius 2 is 1.59 bits per heavy atom. The normalized spacial score (nSPS) is 11.4. The first kappa shape index (κ1) is 25.0. The van der Waals surface area contributed by atoms with Gasteiger partial charge < -0.3 is 14.8 Å². The molecule has 3 rings (SSSR count). The fourth-order valence-corrected chi connectivity index (χ4v) is 3.27. The number of rotatable bonds is 9. The van der Waals surface area contributed by atoms with Crippen molar-refractivity contribution in [3.8, 4) is 11.5 Å². The monoisotopic (exact) mass is 479 g/mol. The highest BCUT2D eigenvalue weighted by Gasteiger charge is 2.20. The molecule has 0 fully saturated rings. The van der Waals surface area contributed by atoms with Crippen molar-refractivity contribution < 1.29 is 23.9 Å². The summed E-state index contributed by atoms with van der Waals surface area (Å²) in [5.74, 6) is 0.130. The van der Waals surface area contributed by atoms with Gasteiger partial charge in [0.15, 0.2) is 6.10 Å². The van der Waals surface area contributed by atoms with E-state index >= 15 is 0 Å². The highest BCUT2D eigenvalue weighted by Crippen LogP contribution is 2.27. The van der Waals surface area contributed by atoms with Crippen LogP contribution in [-0.4, -0.2) is 23.8 Å². The van der Waals surface area contributed by atoms with Crippen molar-refractivity contribution in [3.05, 3.63) is 88.4 Å². The molecule has 1 N–H and O–H groups in total. The van der Waals surface area contributed by atoms with Crippen LogP contribution in [0.5, 0.6) is 11.5 Å². The van der Waals surface area contributed by atoms with Gasteiger partial charge in [-0.15, -0.1) is 0 Å². The van der Waals surface area contributed by atoms with Gasteiger partial charge in [-0.3, -0.25) is 14.4 Å². The number of Topliss-reactive ketones (excluding diaryl/α,β-unsaturated/α-hetero) is 1. The maximum absolute atomic E-state index is 12.3. The Labute approximate surface area is 203 Å². The van der Waals surface area contributed by atoms with Crippen molar-refractivity contribution in [2.75, 3.05) is 5.32 Å². The maximum atomic E-state index is 12.3. The van der Waals surface area contributed by atoms with Gasteiger partial charge in [0.2, 0.25) is 11.7 Å². The van der Waals surface area contributed by atoms with E-state index in [-0.39, 0.29) is 24.5 Å². The predicted molar refractivity (Wildman–Crippen MR) is 132 cm³/mol. The third-order valence-corrected chi connectivity index (χ3v) is 5.32. The highest BCUT2D eigenvalue weighted by molar-refractivity contribution is 6.30. The second kappa shape index (κ2) is 11.5. The Hall–Kier alpha value is -3.64. The summed E-state index contributed by atoms with van der Waals surface area (Å²) in [6.45, 7) is 5.47. The summed E-state index contributed by atoms with van der Waals surface area (Å²) in [5.41, 5.74) is 3.11. The quantitative estimate of drug-likeness (QED) is 0.288. The molecule has 0 radical (unpaired) electrons. The van der Waals surface area contributed by atoms with Crippen LogP contribution in [0.25, 0.3) is 0 Å². The van der Waals surface area contributed by atoms with Gasteiger partial charge in [0, 0.05) is 22.7 Å². The molecule has 6 nitrogen and oxygen atoms in total. The van der Waals surface area contributed by atoms with Crippen molar-refractivity contribution in [1.82, 2.24) is 0 Å². The first-order valence-corrected chi connectivity index (χ1v) is 11.2. The average molecular weight is 480 g/mol. The van der Waals surface area contributed by atoms with Gasteiger partial charge in [0.25, 0.3) is 0 Å². The predicted octanol–water partition coefficient (Wildman–Crippen LogP) is 6.28. The number of aryl methyl sites for hydroxylation is 2. The second-order valence-corrected chi connectivity index (χ2v) is 8.38. The van der Waals surface area contributed by atoms with Gasteiger partial charge in [-0.05, 0) is 86.5 Å². The van der Waals surface area contributed by atoms with E-state index in [4.69, 9.17) is 21.1 Å². The number of ketones is 1. The van der Waals surface area contributed by atoms with Crippen LogP contribution in [0.4, 0.5) is 5.69 Å². The zero-order valence-electron chi connectivity index (χ0n) is 19.3. The van der Waals surface area contributed by atoms with E-state index < -0.39 is 12.1 Å². The number of esters is 1. The molecule has 0 aliphatic rings. The topological polar surface area (TPSA) is 81.7 Å². The number of carbonyl (C=O) groups is 3. The first-order chi connectivity index (χ1) is 16.2. The lowest BCUT2D eigenvalue weighted by atomic mass is 10.1. The van der Waals surface area contributed by atoms with Gasteiger partial charge in [-0.1, -0.05) is 23.7 Å². The zero-order valence-corrected chi connectivity index (χ0v) is 20.0. The summed E-state index contributed by atoms with van der Waals surface area (Å²) in [5, 5.41) is 3.24. The van der Waals surface area contributed by atoms with Crippen LogP contribution in [0.15, 0.2) is 66.7 Å². The number of ether oxygens (including phenoxy) is 2. The number of benzene rings is 3. The fraction of sp³-hybridized carbons (Fsp3) is 0.222. The molecule has 0 heterocycles. The van der Waals surface area contributed by atoms with Crippen molar-refractivity contribution in [1.29, 1.82) is 0 Å².